The smallest absolute Gasteiger partial charge is 0.00248 e. The van der Waals surface area contributed by atoms with Gasteiger partial charge in [-0.2, -0.15) is 0 Å². The first-order valence-electron chi connectivity index (χ1n) is 19.1. The van der Waals surface area contributed by atoms with Crippen LogP contribution >= 0.6 is 0 Å². The van der Waals surface area contributed by atoms with E-state index in [0.717, 1.165) is 11.8 Å². The number of nitrogens with zero attached hydrogens (tertiary/aromatic N) is 1. The molecule has 0 aliphatic carbocycles. The van der Waals surface area contributed by atoms with Crippen molar-refractivity contribution in [1.29, 1.82) is 0 Å². The Morgan fingerprint density at radius 2 is 0.683 bits per heavy atom. The summed E-state index contributed by atoms with van der Waals surface area (Å²) in [6.45, 7) is 8.19. The summed E-state index contributed by atoms with van der Waals surface area (Å²) in [5, 5.41) is 0. The second-order valence-corrected chi connectivity index (χ2v) is 13.6. The highest BCUT2D eigenvalue weighted by Gasteiger charge is 2.20. The highest BCUT2D eigenvalue weighted by atomic mass is 15.0. The van der Waals surface area contributed by atoms with Gasteiger partial charge in [0.25, 0.3) is 0 Å². The predicted molar refractivity (Wildman–Crippen MR) is 190 cm³/mol. The van der Waals surface area contributed by atoms with Gasteiger partial charge in [-0.25, -0.2) is 0 Å². The molecule has 41 heavy (non-hydrogen) atoms. The van der Waals surface area contributed by atoms with Gasteiger partial charge in [0, 0.05) is 0 Å². The second kappa shape index (κ2) is 33.9. The lowest BCUT2D eigenvalue weighted by Crippen LogP contribution is -2.16. The monoisotopic (exact) mass is 574 g/mol. The Morgan fingerprint density at radius 1 is 0.366 bits per heavy atom. The molecule has 0 amide bonds. The van der Waals surface area contributed by atoms with Gasteiger partial charge in [-0.1, -0.05) is 154 Å². The van der Waals surface area contributed by atoms with Crippen LogP contribution in [-0.2, 0) is 0 Å². The normalized spacial score (nSPS) is 13.0. The van der Waals surface area contributed by atoms with E-state index in [1.165, 1.54) is 186 Å². The molecule has 0 spiro atoms. The van der Waals surface area contributed by atoms with Gasteiger partial charge < -0.3 is 4.90 Å². The Kier molecular flexibility index (Phi) is 33.5. The van der Waals surface area contributed by atoms with E-state index in [1.54, 1.807) is 0 Å². The van der Waals surface area contributed by atoms with E-state index in [-0.39, 0.29) is 0 Å². The van der Waals surface area contributed by atoms with Gasteiger partial charge in [0.1, 0.15) is 0 Å². The molecule has 1 nitrogen and oxygen atoms in total. The number of allylic oxidation sites excluding steroid dienone is 4. The molecule has 0 N–H and O–H groups in total. The number of rotatable bonds is 33. The summed E-state index contributed by atoms with van der Waals surface area (Å²) in [6.07, 6.45) is 49.3. The van der Waals surface area contributed by atoms with Crippen LogP contribution in [0.3, 0.4) is 0 Å². The average Bonchev–Trinajstić information content (AvgIpc) is 2.96. The summed E-state index contributed by atoms with van der Waals surface area (Å²) >= 11 is 0. The summed E-state index contributed by atoms with van der Waals surface area (Å²) in [7, 11) is 4.43. The Morgan fingerprint density at radius 3 is 1.10 bits per heavy atom. The van der Waals surface area contributed by atoms with Crippen molar-refractivity contribution in [3.63, 3.8) is 0 Å². The zero-order valence-electron chi connectivity index (χ0n) is 29.4. The average molecular weight is 574 g/mol. The zero-order valence-corrected chi connectivity index (χ0v) is 29.4. The molecule has 0 aromatic heterocycles. The van der Waals surface area contributed by atoms with Crippen LogP contribution in [0.15, 0.2) is 24.3 Å². The van der Waals surface area contributed by atoms with Crippen molar-refractivity contribution in [3.05, 3.63) is 24.3 Å². The lowest BCUT2D eigenvalue weighted by atomic mass is 9.78. The molecule has 0 aliphatic heterocycles. The van der Waals surface area contributed by atoms with E-state index in [4.69, 9.17) is 0 Å². The van der Waals surface area contributed by atoms with Crippen LogP contribution in [0, 0.1) is 11.8 Å². The molecule has 0 saturated carbocycles. The predicted octanol–water partition coefficient (Wildman–Crippen LogP) is 13.9. The maximum atomic E-state index is 2.50. The van der Waals surface area contributed by atoms with E-state index in [9.17, 15) is 0 Å². The zero-order chi connectivity index (χ0) is 30.1. The van der Waals surface area contributed by atoms with Crippen LogP contribution in [0.1, 0.15) is 201 Å². The number of hydrogen-bond acceptors (Lipinski definition) is 1. The Bertz CT molecular complexity index is 507. The molecular formula is C40H79N. The first kappa shape index (κ1) is 40.4. The van der Waals surface area contributed by atoms with Crippen LogP contribution in [0.25, 0.3) is 0 Å². The molecule has 1 unspecified atom stereocenters. The Labute approximate surface area is 261 Å². The molecule has 0 fully saturated rings. The van der Waals surface area contributed by atoms with E-state index in [2.05, 4.69) is 64.1 Å². The third-order valence-electron chi connectivity index (χ3n) is 9.20. The van der Waals surface area contributed by atoms with Crippen molar-refractivity contribution in [2.45, 2.75) is 201 Å². The standard InChI is InChI=1S/C40H79N/c1-6-9-12-15-18-21-24-29-34-39(35-30-25-22-19-16-13-10-7-2)40(37-32-27-28-33-38-41(4)5)36-31-26-23-20-17-14-11-8-3/h18-19,21-22,39-40H,6-17,20,23-38H2,1-5H3/b21-18-,22-19-. The van der Waals surface area contributed by atoms with Crippen molar-refractivity contribution in [1.82, 2.24) is 4.90 Å². The summed E-state index contributed by atoms with van der Waals surface area (Å²) < 4.78 is 0. The fourth-order valence-electron chi connectivity index (χ4n) is 6.45. The molecule has 0 radical (unpaired) electrons. The third-order valence-corrected chi connectivity index (χ3v) is 9.20. The minimum Gasteiger partial charge on any atom is -0.309 e. The van der Waals surface area contributed by atoms with Gasteiger partial charge in [0.15, 0.2) is 0 Å². The molecule has 1 atom stereocenters. The molecule has 0 bridgehead atoms. The highest BCUT2D eigenvalue weighted by molar-refractivity contribution is 4.84. The Balaban J connectivity index is 4.88. The number of hydrogen-bond donors (Lipinski definition) is 0. The Hall–Kier alpha value is -0.560. The van der Waals surface area contributed by atoms with Crippen molar-refractivity contribution in [3.8, 4) is 0 Å². The van der Waals surface area contributed by atoms with Crippen molar-refractivity contribution < 1.29 is 0 Å². The second-order valence-electron chi connectivity index (χ2n) is 13.6. The molecule has 0 rings (SSSR count). The molecule has 0 aromatic carbocycles. The van der Waals surface area contributed by atoms with Crippen LogP contribution in [0.2, 0.25) is 0 Å². The van der Waals surface area contributed by atoms with Crippen molar-refractivity contribution >= 4 is 0 Å². The summed E-state index contributed by atoms with van der Waals surface area (Å²) in [5.74, 6) is 1.91. The van der Waals surface area contributed by atoms with Crippen molar-refractivity contribution in [2.24, 2.45) is 11.8 Å². The van der Waals surface area contributed by atoms with E-state index >= 15 is 0 Å². The lowest BCUT2D eigenvalue weighted by Gasteiger charge is -2.28. The van der Waals surface area contributed by atoms with Crippen LogP contribution in [0.4, 0.5) is 0 Å². The summed E-state index contributed by atoms with van der Waals surface area (Å²) in [4.78, 5) is 2.34. The van der Waals surface area contributed by atoms with Crippen molar-refractivity contribution in [2.75, 3.05) is 20.6 Å². The molecule has 0 aromatic rings. The van der Waals surface area contributed by atoms with Gasteiger partial charge in [0.2, 0.25) is 0 Å². The maximum Gasteiger partial charge on any atom is -0.00248 e. The van der Waals surface area contributed by atoms with Crippen LogP contribution < -0.4 is 0 Å². The van der Waals surface area contributed by atoms with Crippen LogP contribution in [0.5, 0.6) is 0 Å². The van der Waals surface area contributed by atoms with E-state index in [0.29, 0.717) is 0 Å². The molecule has 0 aliphatic rings. The maximum absolute atomic E-state index is 2.50. The SMILES string of the molecule is CCCCC/C=C\CCCC(CCC/C=C\CCCCC)C(CCCCCCCCCC)CCCCCCN(C)C. The van der Waals surface area contributed by atoms with E-state index < -0.39 is 0 Å². The minimum atomic E-state index is 0.948. The van der Waals surface area contributed by atoms with Gasteiger partial charge in [-0.15, -0.1) is 0 Å². The van der Waals surface area contributed by atoms with Gasteiger partial charge in [-0.05, 0) is 103 Å². The van der Waals surface area contributed by atoms with Gasteiger partial charge in [0.05, 0.1) is 0 Å². The first-order chi connectivity index (χ1) is 20.2. The summed E-state index contributed by atoms with van der Waals surface area (Å²) in [5.41, 5.74) is 0. The molecular weight excluding hydrogens is 494 g/mol. The highest BCUT2D eigenvalue weighted by Crippen LogP contribution is 2.33. The van der Waals surface area contributed by atoms with Gasteiger partial charge >= 0.3 is 0 Å². The largest absolute Gasteiger partial charge is 0.309 e. The molecule has 244 valence electrons. The summed E-state index contributed by atoms with van der Waals surface area (Å²) in [6, 6.07) is 0. The topological polar surface area (TPSA) is 3.24 Å². The molecule has 1 heteroatoms. The number of unbranched alkanes of at least 4 members (excludes halogenated alkanes) is 18. The lowest BCUT2D eigenvalue weighted by molar-refractivity contribution is 0.241. The van der Waals surface area contributed by atoms with Gasteiger partial charge in [-0.3, -0.25) is 0 Å². The third kappa shape index (κ3) is 30.7. The van der Waals surface area contributed by atoms with Crippen LogP contribution in [-0.4, -0.2) is 25.5 Å². The van der Waals surface area contributed by atoms with E-state index in [1.807, 2.05) is 0 Å². The minimum absolute atomic E-state index is 0.948. The first-order valence-corrected chi connectivity index (χ1v) is 19.1. The molecule has 0 saturated heterocycles. The molecule has 0 heterocycles. The quantitative estimate of drug-likeness (QED) is 0.0557. The fourth-order valence-corrected chi connectivity index (χ4v) is 6.45. The fraction of sp³-hybridized carbons (Fsp3) is 0.900.